The summed E-state index contributed by atoms with van der Waals surface area (Å²) in [5.41, 5.74) is 5.42. The second-order valence-electron chi connectivity index (χ2n) is 8.65. The van der Waals surface area contributed by atoms with Crippen molar-refractivity contribution in [2.24, 2.45) is 5.92 Å². The van der Waals surface area contributed by atoms with Crippen LogP contribution in [0.4, 0.5) is 4.79 Å². The van der Waals surface area contributed by atoms with E-state index >= 15 is 0 Å². The first-order valence-electron chi connectivity index (χ1n) is 11.4. The predicted molar refractivity (Wildman–Crippen MR) is 130 cm³/mol. The van der Waals surface area contributed by atoms with Gasteiger partial charge in [0.25, 0.3) is 0 Å². The van der Waals surface area contributed by atoms with E-state index < -0.39 is 18.1 Å². The maximum absolute atomic E-state index is 12.7. The van der Waals surface area contributed by atoms with E-state index in [9.17, 15) is 9.59 Å². The number of nitrogens with one attached hydrogen (secondary N) is 1. The maximum Gasteiger partial charge on any atom is 0.407 e. The molecule has 3 aromatic carbocycles. The van der Waals surface area contributed by atoms with Gasteiger partial charge in [0.1, 0.15) is 25.0 Å². The Morgan fingerprint density at radius 1 is 0.853 bits per heavy atom. The molecule has 34 heavy (non-hydrogen) atoms. The van der Waals surface area contributed by atoms with Crippen molar-refractivity contribution in [2.45, 2.75) is 32.4 Å². The van der Waals surface area contributed by atoms with Crippen molar-refractivity contribution >= 4 is 12.1 Å². The molecule has 0 heterocycles. The molecule has 6 nitrogen and oxygen atoms in total. The van der Waals surface area contributed by atoms with Crippen LogP contribution in [0.3, 0.4) is 0 Å². The number of alkyl carbamates (subject to hydrolysis) is 1. The Morgan fingerprint density at radius 2 is 1.44 bits per heavy atom. The molecule has 0 saturated carbocycles. The summed E-state index contributed by atoms with van der Waals surface area (Å²) >= 11 is 0. The maximum atomic E-state index is 12.7. The number of methoxy groups -OCH3 is 1. The van der Waals surface area contributed by atoms with Gasteiger partial charge in [0, 0.05) is 5.92 Å². The van der Waals surface area contributed by atoms with Gasteiger partial charge in [0.05, 0.1) is 7.11 Å². The van der Waals surface area contributed by atoms with Crippen LogP contribution >= 0.6 is 0 Å². The third-order valence-electron chi connectivity index (χ3n) is 6.08. The number of ether oxygens (including phenoxy) is 3. The van der Waals surface area contributed by atoms with Crippen LogP contribution in [-0.2, 0) is 20.9 Å². The van der Waals surface area contributed by atoms with Gasteiger partial charge in [0.15, 0.2) is 0 Å². The number of rotatable bonds is 8. The molecule has 0 saturated heterocycles. The van der Waals surface area contributed by atoms with Crippen LogP contribution in [0.2, 0.25) is 0 Å². The molecule has 0 bridgehead atoms. The molecule has 1 amide bonds. The Morgan fingerprint density at radius 3 is 2.00 bits per heavy atom. The Labute approximate surface area is 199 Å². The van der Waals surface area contributed by atoms with Crippen molar-refractivity contribution in [3.8, 4) is 16.9 Å². The van der Waals surface area contributed by atoms with Crippen molar-refractivity contribution in [2.75, 3.05) is 13.7 Å². The number of benzene rings is 3. The lowest BCUT2D eigenvalue weighted by Crippen LogP contribution is -2.45. The minimum Gasteiger partial charge on any atom is -0.497 e. The summed E-state index contributed by atoms with van der Waals surface area (Å²) in [6, 6.07) is 22.8. The molecule has 0 aromatic heterocycles. The monoisotopic (exact) mass is 459 g/mol. The van der Waals surface area contributed by atoms with Gasteiger partial charge < -0.3 is 19.5 Å². The van der Waals surface area contributed by atoms with E-state index in [2.05, 4.69) is 29.6 Å². The highest BCUT2D eigenvalue weighted by Crippen LogP contribution is 2.44. The van der Waals surface area contributed by atoms with Gasteiger partial charge in [0.2, 0.25) is 0 Å². The number of hydrogen-bond acceptors (Lipinski definition) is 5. The number of fused-ring (bicyclic) bond motifs is 3. The highest BCUT2D eigenvalue weighted by molar-refractivity contribution is 5.82. The minimum absolute atomic E-state index is 0.0438. The van der Waals surface area contributed by atoms with E-state index in [0.717, 1.165) is 33.6 Å². The molecule has 0 aliphatic heterocycles. The standard InChI is InChI=1S/C28H29NO5/c1-18(2)26(27(30)33-16-19-12-14-20(32-3)15-13-19)29-28(31)34-17-25-23-10-6-4-8-21(23)22-9-5-7-11-24(22)25/h4-15,18,25-26H,16-17H2,1-3H3,(H,29,31)/t26-/m0/s1. The number of esters is 1. The lowest BCUT2D eigenvalue weighted by Gasteiger charge is -2.21. The van der Waals surface area contributed by atoms with Gasteiger partial charge in [-0.15, -0.1) is 0 Å². The molecule has 0 fully saturated rings. The zero-order chi connectivity index (χ0) is 24.1. The van der Waals surface area contributed by atoms with Crippen LogP contribution < -0.4 is 10.1 Å². The van der Waals surface area contributed by atoms with Crippen LogP contribution in [0.5, 0.6) is 5.75 Å². The summed E-state index contributed by atoms with van der Waals surface area (Å²) in [6.45, 7) is 4.00. The molecule has 0 unspecified atom stereocenters. The minimum atomic E-state index is -0.811. The zero-order valence-electron chi connectivity index (χ0n) is 19.6. The molecule has 6 heteroatoms. The van der Waals surface area contributed by atoms with E-state index in [4.69, 9.17) is 14.2 Å². The Bertz CT molecular complexity index is 1110. The molecule has 176 valence electrons. The fraction of sp³-hybridized carbons (Fsp3) is 0.286. The van der Waals surface area contributed by atoms with E-state index in [0.29, 0.717) is 0 Å². The third-order valence-corrected chi connectivity index (χ3v) is 6.08. The molecule has 1 aliphatic rings. The van der Waals surface area contributed by atoms with Gasteiger partial charge in [-0.2, -0.15) is 0 Å². The summed E-state index contributed by atoms with van der Waals surface area (Å²) in [4.78, 5) is 25.3. The fourth-order valence-corrected chi connectivity index (χ4v) is 4.23. The highest BCUT2D eigenvalue weighted by Gasteiger charge is 2.30. The van der Waals surface area contributed by atoms with Crippen molar-refractivity contribution in [3.63, 3.8) is 0 Å². The van der Waals surface area contributed by atoms with Crippen LogP contribution in [0.15, 0.2) is 72.8 Å². The van der Waals surface area contributed by atoms with Gasteiger partial charge in [-0.1, -0.05) is 74.5 Å². The summed E-state index contributed by atoms with van der Waals surface area (Å²) in [5, 5.41) is 2.69. The van der Waals surface area contributed by atoms with Crippen LogP contribution in [0.25, 0.3) is 11.1 Å². The SMILES string of the molecule is COc1ccc(COC(=O)[C@@H](NC(=O)OCC2c3ccccc3-c3ccccc32)C(C)C)cc1. The average molecular weight is 460 g/mol. The fourth-order valence-electron chi connectivity index (χ4n) is 4.23. The number of hydrogen-bond donors (Lipinski definition) is 1. The van der Waals surface area contributed by atoms with Gasteiger partial charge >= 0.3 is 12.1 Å². The largest absolute Gasteiger partial charge is 0.497 e. The smallest absolute Gasteiger partial charge is 0.407 e. The van der Waals surface area contributed by atoms with Crippen molar-refractivity contribution < 1.29 is 23.8 Å². The predicted octanol–water partition coefficient (Wildman–Crippen LogP) is 5.30. The summed E-state index contributed by atoms with van der Waals surface area (Å²) < 4.78 is 16.2. The van der Waals surface area contributed by atoms with Crippen LogP contribution in [-0.4, -0.2) is 31.8 Å². The van der Waals surface area contributed by atoms with E-state index in [-0.39, 0.29) is 25.0 Å². The van der Waals surface area contributed by atoms with E-state index in [1.807, 2.05) is 50.2 Å². The molecule has 1 atom stereocenters. The van der Waals surface area contributed by atoms with E-state index in [1.165, 1.54) is 0 Å². The van der Waals surface area contributed by atoms with Crippen molar-refractivity contribution in [1.29, 1.82) is 0 Å². The Kier molecular flexibility index (Phi) is 7.16. The quantitative estimate of drug-likeness (QED) is 0.463. The second-order valence-corrected chi connectivity index (χ2v) is 8.65. The number of carbonyl (C=O) groups is 2. The van der Waals surface area contributed by atoms with Gasteiger partial charge in [-0.25, -0.2) is 9.59 Å². The summed E-state index contributed by atoms with van der Waals surface area (Å²) in [7, 11) is 1.59. The lowest BCUT2D eigenvalue weighted by molar-refractivity contribution is -0.148. The van der Waals surface area contributed by atoms with Crippen LogP contribution in [0.1, 0.15) is 36.5 Å². The average Bonchev–Trinajstić information content (AvgIpc) is 3.18. The van der Waals surface area contributed by atoms with Crippen molar-refractivity contribution in [1.82, 2.24) is 5.32 Å². The number of carbonyl (C=O) groups excluding carboxylic acids is 2. The Hall–Kier alpha value is -3.80. The normalized spacial score (nSPS) is 13.1. The Balaban J connectivity index is 1.35. The first kappa shape index (κ1) is 23.4. The van der Waals surface area contributed by atoms with Gasteiger partial charge in [-0.05, 0) is 45.9 Å². The zero-order valence-corrected chi connectivity index (χ0v) is 19.6. The van der Waals surface area contributed by atoms with E-state index in [1.54, 1.807) is 19.2 Å². The molecule has 1 N–H and O–H groups in total. The summed E-state index contributed by atoms with van der Waals surface area (Å²) in [6.07, 6.45) is -0.637. The molecule has 4 rings (SSSR count). The first-order chi connectivity index (χ1) is 16.5. The molecular weight excluding hydrogens is 430 g/mol. The molecular formula is C28H29NO5. The molecule has 0 radical (unpaired) electrons. The van der Waals surface area contributed by atoms with Crippen molar-refractivity contribution in [3.05, 3.63) is 89.5 Å². The van der Waals surface area contributed by atoms with Gasteiger partial charge in [-0.3, -0.25) is 0 Å². The second kappa shape index (κ2) is 10.4. The topological polar surface area (TPSA) is 73.9 Å². The lowest BCUT2D eigenvalue weighted by atomic mass is 9.98. The highest BCUT2D eigenvalue weighted by atomic mass is 16.6. The molecule has 1 aliphatic carbocycles. The third kappa shape index (κ3) is 5.06. The van der Waals surface area contributed by atoms with Crippen LogP contribution in [0, 0.1) is 5.92 Å². The number of amides is 1. The molecule has 0 spiro atoms. The first-order valence-corrected chi connectivity index (χ1v) is 11.4. The summed E-state index contributed by atoms with van der Waals surface area (Å²) in [5.74, 6) is 0.0212. The molecule has 3 aromatic rings.